The molecule has 0 atom stereocenters. The summed E-state index contributed by atoms with van der Waals surface area (Å²) in [4.78, 5) is 16.4. The molecule has 0 unspecified atom stereocenters. The number of aromatic nitrogens is 3. The van der Waals surface area contributed by atoms with Crippen molar-refractivity contribution >= 4 is 36.9 Å². The van der Waals surface area contributed by atoms with E-state index in [0.29, 0.717) is 17.5 Å². The maximum Gasteiger partial charge on any atom is 0.165 e. The SMILES string of the molecule is C[Si]1(C)c2ccccc2-c2c1ccc(-c1ccccc1)c2-c1nc(-c2ccccc2)nc(-c2ccc(-c3ccccc3)c3c2-c2ccccc2[Si]3(C)C)n1. The number of hydrogen-bond donors (Lipinski definition) is 0. The van der Waals surface area contributed by atoms with E-state index < -0.39 is 16.1 Å². The van der Waals surface area contributed by atoms with Gasteiger partial charge < -0.3 is 0 Å². The Bertz CT molecular complexity index is 2760. The Labute approximate surface area is 319 Å². The van der Waals surface area contributed by atoms with Crippen LogP contribution in [0.2, 0.25) is 26.2 Å². The van der Waals surface area contributed by atoms with Gasteiger partial charge in [0.15, 0.2) is 17.5 Å². The molecule has 0 fully saturated rings. The number of benzene rings is 7. The molecule has 0 N–H and O–H groups in total. The number of fused-ring (bicyclic) bond motifs is 6. The van der Waals surface area contributed by atoms with Crippen LogP contribution in [0, 0.1) is 0 Å². The van der Waals surface area contributed by atoms with Crippen LogP contribution in [0.1, 0.15) is 0 Å². The van der Waals surface area contributed by atoms with Crippen LogP contribution in [0.5, 0.6) is 0 Å². The normalized spacial score (nSPS) is 14.2. The van der Waals surface area contributed by atoms with Gasteiger partial charge in [0.2, 0.25) is 0 Å². The van der Waals surface area contributed by atoms with Crippen LogP contribution in [-0.2, 0) is 0 Å². The van der Waals surface area contributed by atoms with E-state index >= 15 is 0 Å². The van der Waals surface area contributed by atoms with Crippen LogP contribution in [0.15, 0.2) is 164 Å². The van der Waals surface area contributed by atoms with Gasteiger partial charge in [0.25, 0.3) is 0 Å². The predicted octanol–water partition coefficient (Wildman–Crippen LogP) is 9.81. The standard InChI is InChI=1S/C49H39N3Si2/c1-53(2)40-26-16-15-25-38(40)44-42(53)31-30-35(32-18-8-5-9-19-32)45(44)49-51-47(34-22-12-7-13-23-34)50-48(52-49)39-29-28-36(33-20-10-6-11-21-33)46-43(39)37-24-14-17-27-41(37)54(46,3)4/h5-31H,1-4H3. The number of hydrogen-bond acceptors (Lipinski definition) is 3. The molecule has 10 rings (SSSR count). The Kier molecular flexibility index (Phi) is 7.41. The van der Waals surface area contributed by atoms with Crippen LogP contribution in [0.4, 0.5) is 0 Å². The van der Waals surface area contributed by atoms with Gasteiger partial charge in [0.1, 0.15) is 16.1 Å². The smallest absolute Gasteiger partial charge is 0.165 e. The van der Waals surface area contributed by atoms with Gasteiger partial charge in [-0.3, -0.25) is 0 Å². The van der Waals surface area contributed by atoms with Gasteiger partial charge in [-0.1, -0.05) is 184 Å². The van der Waals surface area contributed by atoms with Crippen LogP contribution in [0.25, 0.3) is 78.7 Å². The first-order chi connectivity index (χ1) is 26.3. The molecule has 0 amide bonds. The zero-order chi connectivity index (χ0) is 36.6. The molecule has 0 spiro atoms. The summed E-state index contributed by atoms with van der Waals surface area (Å²) < 4.78 is 0. The molecule has 1 aromatic heterocycles. The van der Waals surface area contributed by atoms with Crippen LogP contribution in [-0.4, -0.2) is 31.1 Å². The lowest BCUT2D eigenvalue weighted by Crippen LogP contribution is -2.50. The monoisotopic (exact) mass is 725 g/mol. The molecule has 3 heterocycles. The van der Waals surface area contributed by atoms with Gasteiger partial charge in [-0.15, -0.1) is 0 Å². The second kappa shape index (κ2) is 12.3. The molecule has 0 saturated carbocycles. The van der Waals surface area contributed by atoms with Gasteiger partial charge in [-0.2, -0.15) is 0 Å². The number of rotatable bonds is 5. The highest BCUT2D eigenvalue weighted by molar-refractivity contribution is 7.05. The minimum atomic E-state index is -2.12. The molecule has 8 aromatic rings. The van der Waals surface area contributed by atoms with Crippen LogP contribution >= 0.6 is 0 Å². The largest absolute Gasteiger partial charge is 0.208 e. The van der Waals surface area contributed by atoms with E-state index in [0.717, 1.165) is 27.8 Å². The molecule has 0 bridgehead atoms. The maximum atomic E-state index is 5.59. The van der Waals surface area contributed by atoms with Crippen molar-refractivity contribution in [2.75, 3.05) is 0 Å². The van der Waals surface area contributed by atoms with Gasteiger partial charge in [-0.05, 0) is 71.3 Å². The first kappa shape index (κ1) is 32.6. The zero-order valence-corrected chi connectivity index (χ0v) is 32.9. The topological polar surface area (TPSA) is 38.7 Å². The first-order valence-electron chi connectivity index (χ1n) is 18.8. The van der Waals surface area contributed by atoms with Crippen molar-refractivity contribution in [2.45, 2.75) is 26.2 Å². The summed E-state index contributed by atoms with van der Waals surface area (Å²) in [7, 11) is -4.12. The fourth-order valence-corrected chi connectivity index (χ4v) is 15.7. The van der Waals surface area contributed by atoms with Crippen molar-refractivity contribution in [1.29, 1.82) is 0 Å². The van der Waals surface area contributed by atoms with Gasteiger partial charge in [0.05, 0.1) is 0 Å². The molecule has 3 nitrogen and oxygen atoms in total. The van der Waals surface area contributed by atoms with Crippen molar-refractivity contribution in [3.8, 4) is 78.7 Å². The second-order valence-electron chi connectivity index (χ2n) is 15.6. The lowest BCUT2D eigenvalue weighted by Gasteiger charge is -2.23. The third-order valence-corrected chi connectivity index (χ3v) is 18.8. The maximum absolute atomic E-state index is 5.59. The summed E-state index contributed by atoms with van der Waals surface area (Å²) in [5.74, 6) is 2.09. The Morgan fingerprint density at radius 1 is 0.296 bits per heavy atom. The quantitative estimate of drug-likeness (QED) is 0.166. The molecule has 7 aromatic carbocycles. The highest BCUT2D eigenvalue weighted by Gasteiger charge is 2.42. The van der Waals surface area contributed by atoms with E-state index in [9.17, 15) is 0 Å². The van der Waals surface area contributed by atoms with Gasteiger partial charge in [0, 0.05) is 16.7 Å². The molecule has 0 radical (unpaired) electrons. The van der Waals surface area contributed by atoms with Crippen molar-refractivity contribution in [3.05, 3.63) is 164 Å². The lowest BCUT2D eigenvalue weighted by atomic mass is 9.91. The second-order valence-corrected chi connectivity index (χ2v) is 24.2. The van der Waals surface area contributed by atoms with Crippen molar-refractivity contribution in [3.63, 3.8) is 0 Å². The molecular formula is C49H39N3Si2. The zero-order valence-electron chi connectivity index (χ0n) is 30.9. The minimum absolute atomic E-state index is 0.679. The lowest BCUT2D eigenvalue weighted by molar-refractivity contribution is 1.08. The van der Waals surface area contributed by atoms with Crippen molar-refractivity contribution in [1.82, 2.24) is 15.0 Å². The third-order valence-electron chi connectivity index (χ3n) is 11.8. The average molecular weight is 726 g/mol. The fourth-order valence-electron chi connectivity index (χ4n) is 9.17. The molecule has 5 heteroatoms. The molecule has 54 heavy (non-hydrogen) atoms. The summed E-state index contributed by atoms with van der Waals surface area (Å²) in [6.45, 7) is 9.92. The average Bonchev–Trinajstić information content (AvgIpc) is 3.61. The molecule has 2 aliphatic heterocycles. The number of nitrogens with zero attached hydrogens (tertiary/aromatic N) is 3. The predicted molar refractivity (Wildman–Crippen MR) is 231 cm³/mol. The van der Waals surface area contributed by atoms with Crippen LogP contribution in [0.3, 0.4) is 0 Å². The first-order valence-corrected chi connectivity index (χ1v) is 24.8. The third kappa shape index (κ3) is 4.89. The highest BCUT2D eigenvalue weighted by atomic mass is 28.3. The minimum Gasteiger partial charge on any atom is -0.208 e. The highest BCUT2D eigenvalue weighted by Crippen LogP contribution is 2.44. The van der Waals surface area contributed by atoms with E-state index in [2.05, 4.69) is 184 Å². The van der Waals surface area contributed by atoms with Crippen molar-refractivity contribution < 1.29 is 0 Å². The van der Waals surface area contributed by atoms with Crippen molar-refractivity contribution in [2.24, 2.45) is 0 Å². The Balaban J connectivity index is 1.32. The summed E-state index contributed by atoms with van der Waals surface area (Å²) >= 11 is 0. The van der Waals surface area contributed by atoms with E-state index in [4.69, 9.17) is 15.0 Å². The molecule has 0 aliphatic carbocycles. The summed E-state index contributed by atoms with van der Waals surface area (Å²) in [6, 6.07) is 59.3. The fraction of sp³-hybridized carbons (Fsp3) is 0.0816. The summed E-state index contributed by atoms with van der Waals surface area (Å²) in [5.41, 5.74) is 13.1. The van der Waals surface area contributed by atoms with E-state index in [1.54, 1.807) is 0 Å². The Morgan fingerprint density at radius 3 is 1.41 bits per heavy atom. The molecular weight excluding hydrogens is 687 g/mol. The van der Waals surface area contributed by atoms with E-state index in [1.165, 1.54) is 54.1 Å². The summed E-state index contributed by atoms with van der Waals surface area (Å²) in [6.07, 6.45) is 0. The van der Waals surface area contributed by atoms with E-state index in [-0.39, 0.29) is 0 Å². The molecule has 0 saturated heterocycles. The molecule has 258 valence electrons. The Hall–Kier alpha value is -6.02. The summed E-state index contributed by atoms with van der Waals surface area (Å²) in [5, 5.41) is 5.79. The van der Waals surface area contributed by atoms with Gasteiger partial charge >= 0.3 is 0 Å². The van der Waals surface area contributed by atoms with Gasteiger partial charge in [-0.25, -0.2) is 15.0 Å². The van der Waals surface area contributed by atoms with Crippen LogP contribution < -0.4 is 20.7 Å². The molecule has 2 aliphatic rings. The Morgan fingerprint density at radius 2 is 0.759 bits per heavy atom. The van der Waals surface area contributed by atoms with E-state index in [1.807, 2.05) is 6.07 Å².